The quantitative estimate of drug-likeness (QED) is 0.447. The molecule has 6 nitrogen and oxygen atoms in total. The van der Waals surface area contributed by atoms with Gasteiger partial charge >= 0.3 is 5.97 Å². The molecule has 2 aromatic rings. The van der Waals surface area contributed by atoms with Crippen LogP contribution in [0.2, 0.25) is 0 Å². The van der Waals surface area contributed by atoms with E-state index in [4.69, 9.17) is 9.47 Å². The van der Waals surface area contributed by atoms with E-state index in [9.17, 15) is 9.90 Å². The zero-order valence-corrected chi connectivity index (χ0v) is 14.8. The Labute approximate surface area is 154 Å². The van der Waals surface area contributed by atoms with Crippen LogP contribution in [0.4, 0.5) is 0 Å². The van der Waals surface area contributed by atoms with Gasteiger partial charge in [0.25, 0.3) is 0 Å². The van der Waals surface area contributed by atoms with Gasteiger partial charge in [0.05, 0.1) is 12.7 Å². The molecule has 140 valence electrons. The van der Waals surface area contributed by atoms with Crippen LogP contribution in [0, 0.1) is 0 Å². The van der Waals surface area contributed by atoms with Crippen molar-refractivity contribution in [3.05, 3.63) is 66.0 Å². The Morgan fingerprint density at radius 3 is 2.73 bits per heavy atom. The van der Waals surface area contributed by atoms with Crippen molar-refractivity contribution < 1.29 is 19.4 Å². The summed E-state index contributed by atoms with van der Waals surface area (Å²) in [5.74, 6) is -0.240. The van der Waals surface area contributed by atoms with E-state index in [2.05, 4.69) is 10.3 Å². The molecular weight excluding hydrogens is 332 g/mol. The first kappa shape index (κ1) is 20.0. The summed E-state index contributed by atoms with van der Waals surface area (Å²) in [4.78, 5) is 15.7. The lowest BCUT2D eigenvalue weighted by Gasteiger charge is -2.12. The van der Waals surface area contributed by atoms with Crippen LogP contribution in [-0.2, 0) is 27.4 Å². The molecule has 0 aliphatic heterocycles. The number of ether oxygens (including phenoxy) is 2. The van der Waals surface area contributed by atoms with Crippen LogP contribution in [0.15, 0.2) is 54.9 Å². The lowest BCUT2D eigenvalue weighted by atomic mass is 10.2. The molecule has 0 bridgehead atoms. The van der Waals surface area contributed by atoms with Crippen molar-refractivity contribution in [1.29, 1.82) is 0 Å². The molecule has 1 aromatic heterocycles. The second-order valence-electron chi connectivity index (χ2n) is 5.97. The van der Waals surface area contributed by atoms with Crippen LogP contribution >= 0.6 is 0 Å². The lowest BCUT2D eigenvalue weighted by molar-refractivity contribution is -0.145. The Hall–Kier alpha value is -2.28. The Bertz CT molecular complexity index is 622. The molecule has 6 heteroatoms. The van der Waals surface area contributed by atoms with Crippen LogP contribution in [0.5, 0.6) is 0 Å². The van der Waals surface area contributed by atoms with Crippen molar-refractivity contribution >= 4 is 5.97 Å². The van der Waals surface area contributed by atoms with E-state index >= 15 is 0 Å². The number of aliphatic hydroxyl groups excluding tert-OH is 1. The van der Waals surface area contributed by atoms with Crippen LogP contribution in [0.1, 0.15) is 24.0 Å². The molecule has 1 atom stereocenters. The molecule has 0 fully saturated rings. The minimum Gasteiger partial charge on any atom is -0.461 e. The van der Waals surface area contributed by atoms with Gasteiger partial charge in [0.1, 0.15) is 6.61 Å². The van der Waals surface area contributed by atoms with Crippen LogP contribution in [0.25, 0.3) is 0 Å². The summed E-state index contributed by atoms with van der Waals surface area (Å²) in [7, 11) is 0. The number of nitrogens with zero attached hydrogens (tertiary/aromatic N) is 1. The molecule has 0 aliphatic carbocycles. The smallest absolute Gasteiger partial charge is 0.306 e. The third kappa shape index (κ3) is 8.71. The van der Waals surface area contributed by atoms with Crippen LogP contribution in [0.3, 0.4) is 0 Å². The molecule has 2 N–H and O–H groups in total. The van der Waals surface area contributed by atoms with E-state index in [1.165, 1.54) is 0 Å². The minimum atomic E-state index is -0.586. The molecule has 0 spiro atoms. The lowest BCUT2D eigenvalue weighted by Crippen LogP contribution is -2.30. The first-order valence-electron chi connectivity index (χ1n) is 8.79. The van der Waals surface area contributed by atoms with Crippen molar-refractivity contribution in [3.8, 4) is 0 Å². The Kier molecular flexibility index (Phi) is 9.35. The number of rotatable bonds is 12. The zero-order chi connectivity index (χ0) is 18.5. The molecule has 0 saturated carbocycles. The number of aliphatic hydroxyl groups is 1. The van der Waals surface area contributed by atoms with Gasteiger partial charge in [-0.2, -0.15) is 0 Å². The highest BCUT2D eigenvalue weighted by Gasteiger charge is 2.06. The number of aromatic nitrogens is 1. The summed E-state index contributed by atoms with van der Waals surface area (Å²) in [6.45, 7) is 2.03. The molecule has 0 radical (unpaired) electrons. The first-order valence-corrected chi connectivity index (χ1v) is 8.79. The van der Waals surface area contributed by atoms with E-state index in [1.807, 2.05) is 42.5 Å². The monoisotopic (exact) mass is 358 g/mol. The molecule has 0 aliphatic rings. The maximum absolute atomic E-state index is 11.6. The van der Waals surface area contributed by atoms with Crippen molar-refractivity contribution in [3.63, 3.8) is 0 Å². The van der Waals surface area contributed by atoms with E-state index < -0.39 is 6.10 Å². The molecule has 1 heterocycles. The Morgan fingerprint density at radius 2 is 1.96 bits per heavy atom. The Balaban J connectivity index is 1.44. The highest BCUT2D eigenvalue weighted by molar-refractivity contribution is 5.69. The Morgan fingerprint density at radius 1 is 1.15 bits per heavy atom. The third-order valence-corrected chi connectivity index (χ3v) is 3.65. The number of hydrogen-bond donors (Lipinski definition) is 2. The largest absolute Gasteiger partial charge is 0.461 e. The summed E-state index contributed by atoms with van der Waals surface area (Å²) in [6, 6.07) is 13.4. The number of carbonyl (C=O) groups excluding carboxylic acids is 1. The van der Waals surface area contributed by atoms with Gasteiger partial charge in [0.2, 0.25) is 0 Å². The minimum absolute atomic E-state index is 0.235. The number of pyridine rings is 1. The fraction of sp³-hybridized carbons (Fsp3) is 0.400. The van der Waals surface area contributed by atoms with E-state index in [-0.39, 0.29) is 12.6 Å². The number of hydrogen-bond acceptors (Lipinski definition) is 6. The number of esters is 1. The van der Waals surface area contributed by atoms with Crippen molar-refractivity contribution in [2.24, 2.45) is 0 Å². The van der Waals surface area contributed by atoms with Crippen molar-refractivity contribution in [1.82, 2.24) is 10.3 Å². The van der Waals surface area contributed by atoms with Crippen LogP contribution in [-0.4, -0.2) is 41.9 Å². The predicted octanol–water partition coefficient (Wildman–Crippen LogP) is 2.07. The zero-order valence-electron chi connectivity index (χ0n) is 14.8. The van der Waals surface area contributed by atoms with Gasteiger partial charge in [-0.25, -0.2) is 0 Å². The standard InChI is InChI=1S/C20H26N2O4/c23-19(14-22-13-18-8-4-10-21-12-18)16-25-11-5-9-20(24)26-15-17-6-2-1-3-7-17/h1-4,6-8,10,12,19,22-23H,5,9,11,13-16H2. The van der Waals surface area contributed by atoms with Gasteiger partial charge in [-0.3, -0.25) is 9.78 Å². The second-order valence-corrected chi connectivity index (χ2v) is 5.97. The molecule has 0 saturated heterocycles. The maximum Gasteiger partial charge on any atom is 0.306 e. The summed E-state index contributed by atoms with van der Waals surface area (Å²) in [5, 5.41) is 13.0. The van der Waals surface area contributed by atoms with Crippen LogP contribution < -0.4 is 5.32 Å². The van der Waals surface area contributed by atoms with Gasteiger partial charge in [-0.1, -0.05) is 36.4 Å². The fourth-order valence-corrected chi connectivity index (χ4v) is 2.29. The van der Waals surface area contributed by atoms with Gasteiger partial charge < -0.3 is 19.9 Å². The van der Waals surface area contributed by atoms with Gasteiger partial charge in [-0.15, -0.1) is 0 Å². The van der Waals surface area contributed by atoms with Gasteiger partial charge in [-0.05, 0) is 23.6 Å². The van der Waals surface area contributed by atoms with Gasteiger partial charge in [0, 0.05) is 38.5 Å². The molecule has 1 aromatic carbocycles. The number of nitrogens with one attached hydrogen (secondary N) is 1. The average molecular weight is 358 g/mol. The fourth-order valence-electron chi connectivity index (χ4n) is 2.29. The number of benzene rings is 1. The third-order valence-electron chi connectivity index (χ3n) is 3.65. The molecule has 1 unspecified atom stereocenters. The van der Waals surface area contributed by atoms with E-state index in [0.717, 1.165) is 11.1 Å². The molecule has 2 rings (SSSR count). The van der Waals surface area contributed by atoms with Crippen molar-refractivity contribution in [2.45, 2.75) is 32.1 Å². The summed E-state index contributed by atoms with van der Waals surface area (Å²) in [5.41, 5.74) is 2.04. The average Bonchev–Trinajstić information content (AvgIpc) is 2.68. The summed E-state index contributed by atoms with van der Waals surface area (Å²) in [6.07, 6.45) is 3.80. The molecular formula is C20H26N2O4. The summed E-state index contributed by atoms with van der Waals surface area (Å²) >= 11 is 0. The first-order chi connectivity index (χ1) is 12.7. The topological polar surface area (TPSA) is 80.7 Å². The van der Waals surface area contributed by atoms with Gasteiger partial charge in [0.15, 0.2) is 0 Å². The van der Waals surface area contributed by atoms with Crippen molar-refractivity contribution in [2.75, 3.05) is 19.8 Å². The molecule has 0 amide bonds. The highest BCUT2D eigenvalue weighted by atomic mass is 16.5. The van der Waals surface area contributed by atoms with E-state index in [0.29, 0.717) is 39.1 Å². The normalized spacial score (nSPS) is 11.9. The maximum atomic E-state index is 11.6. The second kappa shape index (κ2) is 12.1. The SMILES string of the molecule is O=C(CCCOCC(O)CNCc1cccnc1)OCc1ccccc1. The van der Waals surface area contributed by atoms with E-state index in [1.54, 1.807) is 12.4 Å². The summed E-state index contributed by atoms with van der Waals surface area (Å²) < 4.78 is 10.6. The molecule has 26 heavy (non-hydrogen) atoms. The highest BCUT2D eigenvalue weighted by Crippen LogP contribution is 2.03. The number of carbonyl (C=O) groups is 1. The predicted molar refractivity (Wildman–Crippen MR) is 98.2 cm³/mol.